The Kier molecular flexibility index (Phi) is 8.05. The number of fused-ring (bicyclic) bond motifs is 2. The van der Waals surface area contributed by atoms with Crippen LogP contribution in [0.3, 0.4) is 0 Å². The zero-order valence-corrected chi connectivity index (χ0v) is 21.8. The smallest absolute Gasteiger partial charge is 0.273 e. The number of alkyl halides is 2. The number of carbonyl (C=O) groups is 2. The van der Waals surface area contributed by atoms with Crippen molar-refractivity contribution in [2.24, 2.45) is 5.92 Å². The predicted octanol–water partition coefficient (Wildman–Crippen LogP) is 2.97. The van der Waals surface area contributed by atoms with Gasteiger partial charge in [-0.3, -0.25) is 23.9 Å². The largest absolute Gasteiger partial charge is 0.375 e. The Morgan fingerprint density at radius 2 is 1.82 bits per heavy atom. The zero-order valence-electron chi connectivity index (χ0n) is 21.8. The molecule has 2 aliphatic rings. The van der Waals surface area contributed by atoms with Crippen LogP contribution in [-0.2, 0) is 30.2 Å². The minimum Gasteiger partial charge on any atom is -0.375 e. The van der Waals surface area contributed by atoms with E-state index in [4.69, 9.17) is 4.74 Å². The highest BCUT2D eigenvalue weighted by Crippen LogP contribution is 2.38. The third-order valence-corrected chi connectivity index (χ3v) is 7.31. The van der Waals surface area contributed by atoms with Gasteiger partial charge in [0, 0.05) is 56.4 Å². The third kappa shape index (κ3) is 6.88. The number of nitrogens with zero attached hydrogens (tertiary/aromatic N) is 7. The lowest BCUT2D eigenvalue weighted by Crippen LogP contribution is -2.33. The fourth-order valence-corrected chi connectivity index (χ4v) is 5.12. The van der Waals surface area contributed by atoms with Crippen LogP contribution >= 0.6 is 0 Å². The second-order valence-electron chi connectivity index (χ2n) is 10.4. The summed E-state index contributed by atoms with van der Waals surface area (Å²) in [5, 5.41) is 18.9. The first kappa shape index (κ1) is 27.0. The van der Waals surface area contributed by atoms with Gasteiger partial charge in [-0.25, -0.2) is 8.78 Å². The lowest BCUT2D eigenvalue weighted by atomic mass is 9.89. The summed E-state index contributed by atoms with van der Waals surface area (Å²) >= 11 is 0. The SMILES string of the molecule is CC(F)(F)c1ccnc(CCC(=O)c2cn(CCCCn3cc(C(=O)NC[C@H]4CC5CCC4O5)nn3)nn2)c1. The van der Waals surface area contributed by atoms with Crippen molar-refractivity contribution in [3.8, 4) is 0 Å². The van der Waals surface area contributed by atoms with Crippen LogP contribution in [0.25, 0.3) is 0 Å². The average molecular weight is 543 g/mol. The van der Waals surface area contributed by atoms with Crippen LogP contribution in [-0.4, -0.2) is 65.4 Å². The number of halogens is 2. The molecule has 3 atom stereocenters. The van der Waals surface area contributed by atoms with Crippen LogP contribution in [0.4, 0.5) is 8.78 Å². The van der Waals surface area contributed by atoms with Gasteiger partial charge in [0.25, 0.3) is 11.8 Å². The number of ether oxygens (including phenoxy) is 1. The van der Waals surface area contributed by atoms with Gasteiger partial charge in [0.05, 0.1) is 24.6 Å². The molecule has 13 heteroatoms. The van der Waals surface area contributed by atoms with E-state index >= 15 is 0 Å². The van der Waals surface area contributed by atoms with E-state index in [1.165, 1.54) is 18.3 Å². The van der Waals surface area contributed by atoms with E-state index in [1.807, 2.05) is 0 Å². The van der Waals surface area contributed by atoms with Crippen molar-refractivity contribution in [2.45, 2.75) is 83.1 Å². The van der Waals surface area contributed by atoms with Crippen molar-refractivity contribution < 1.29 is 23.1 Å². The van der Waals surface area contributed by atoms with Crippen molar-refractivity contribution >= 4 is 11.7 Å². The molecule has 0 radical (unpaired) electrons. The van der Waals surface area contributed by atoms with Crippen molar-refractivity contribution in [1.29, 1.82) is 0 Å². The normalized spacial score (nSPS) is 20.4. The van der Waals surface area contributed by atoms with Gasteiger partial charge in [-0.05, 0) is 50.7 Å². The quantitative estimate of drug-likeness (QED) is 0.258. The number of aryl methyl sites for hydroxylation is 3. The van der Waals surface area contributed by atoms with Gasteiger partial charge in [0.2, 0.25) is 0 Å². The second-order valence-corrected chi connectivity index (χ2v) is 10.4. The average Bonchev–Trinajstić information content (AvgIpc) is 3.73. The summed E-state index contributed by atoms with van der Waals surface area (Å²) in [4.78, 5) is 29.0. The first-order valence-electron chi connectivity index (χ1n) is 13.3. The number of carbonyl (C=O) groups excluding carboxylic acids is 2. The Morgan fingerprint density at radius 1 is 1.10 bits per heavy atom. The number of amides is 1. The Bertz CT molecular complexity index is 1300. The van der Waals surface area contributed by atoms with Crippen LogP contribution in [0.1, 0.15) is 77.7 Å². The molecule has 2 aliphatic heterocycles. The van der Waals surface area contributed by atoms with Crippen molar-refractivity contribution in [2.75, 3.05) is 6.54 Å². The molecular formula is C26H32F2N8O3. The van der Waals surface area contributed by atoms with E-state index in [2.05, 4.69) is 30.9 Å². The number of hydrogen-bond acceptors (Lipinski definition) is 8. The van der Waals surface area contributed by atoms with E-state index in [9.17, 15) is 18.4 Å². The number of hydrogen-bond donors (Lipinski definition) is 1. The monoisotopic (exact) mass is 542 g/mol. The molecule has 11 nitrogen and oxygen atoms in total. The van der Waals surface area contributed by atoms with Crippen molar-refractivity contribution in [3.63, 3.8) is 0 Å². The van der Waals surface area contributed by atoms with Gasteiger partial charge < -0.3 is 10.1 Å². The van der Waals surface area contributed by atoms with E-state index in [1.54, 1.807) is 21.8 Å². The first-order chi connectivity index (χ1) is 18.7. The molecule has 0 saturated carbocycles. The molecule has 3 aromatic heterocycles. The summed E-state index contributed by atoms with van der Waals surface area (Å²) < 4.78 is 36.1. The molecule has 2 saturated heterocycles. The number of unbranched alkanes of at least 4 members (excludes halogenated alkanes) is 1. The maximum Gasteiger partial charge on any atom is 0.273 e. The minimum absolute atomic E-state index is 0.0994. The number of pyridine rings is 1. The topological polar surface area (TPSA) is 130 Å². The molecule has 2 unspecified atom stereocenters. The number of ketones is 1. The number of nitrogens with one attached hydrogen (secondary N) is 1. The van der Waals surface area contributed by atoms with E-state index in [-0.39, 0.29) is 41.9 Å². The van der Waals surface area contributed by atoms with Gasteiger partial charge in [-0.2, -0.15) is 0 Å². The predicted molar refractivity (Wildman–Crippen MR) is 134 cm³/mol. The third-order valence-electron chi connectivity index (χ3n) is 7.31. The molecule has 5 heterocycles. The molecule has 0 aromatic carbocycles. The number of rotatable bonds is 13. The fraction of sp³-hybridized carbons (Fsp3) is 0.577. The number of Topliss-reactive ketones (excluding diaryl/α,β-unsaturated/α-hetero) is 1. The zero-order chi connectivity index (χ0) is 27.4. The molecule has 39 heavy (non-hydrogen) atoms. The summed E-state index contributed by atoms with van der Waals surface area (Å²) in [6.45, 7) is 2.57. The van der Waals surface area contributed by atoms with Gasteiger partial charge in [0.1, 0.15) is 5.69 Å². The number of aromatic nitrogens is 7. The van der Waals surface area contributed by atoms with Crippen LogP contribution in [0.5, 0.6) is 0 Å². The molecular weight excluding hydrogens is 510 g/mol. The highest BCUT2D eigenvalue weighted by molar-refractivity contribution is 5.94. The molecule has 0 aliphatic carbocycles. The summed E-state index contributed by atoms with van der Waals surface area (Å²) in [5.41, 5.74) is 0.830. The van der Waals surface area contributed by atoms with Crippen LogP contribution in [0.15, 0.2) is 30.7 Å². The van der Waals surface area contributed by atoms with Gasteiger partial charge >= 0.3 is 0 Å². The maximum absolute atomic E-state index is 13.5. The fourth-order valence-electron chi connectivity index (χ4n) is 5.12. The van der Waals surface area contributed by atoms with Crippen LogP contribution in [0.2, 0.25) is 0 Å². The van der Waals surface area contributed by atoms with Crippen molar-refractivity contribution in [3.05, 3.63) is 53.4 Å². The van der Waals surface area contributed by atoms with Crippen molar-refractivity contribution in [1.82, 2.24) is 40.3 Å². The van der Waals surface area contributed by atoms with E-state index in [0.717, 1.165) is 39.0 Å². The lowest BCUT2D eigenvalue weighted by Gasteiger charge is -2.18. The van der Waals surface area contributed by atoms with E-state index in [0.29, 0.717) is 43.0 Å². The Hall–Kier alpha value is -3.61. The Labute approximate surface area is 224 Å². The molecule has 2 bridgehead atoms. The van der Waals surface area contributed by atoms with Gasteiger partial charge in [-0.15, -0.1) is 10.2 Å². The molecule has 1 amide bonds. The summed E-state index contributed by atoms with van der Waals surface area (Å²) in [5.74, 6) is -3.03. The molecule has 2 fully saturated rings. The lowest BCUT2D eigenvalue weighted by molar-refractivity contribution is 0.0173. The summed E-state index contributed by atoms with van der Waals surface area (Å²) in [6.07, 6.45) is 10.2. The highest BCUT2D eigenvalue weighted by atomic mass is 19.3. The van der Waals surface area contributed by atoms with Crippen LogP contribution in [0, 0.1) is 5.92 Å². The second kappa shape index (κ2) is 11.6. The van der Waals surface area contributed by atoms with E-state index < -0.39 is 5.92 Å². The van der Waals surface area contributed by atoms with Gasteiger partial charge in [-0.1, -0.05) is 10.4 Å². The minimum atomic E-state index is -2.96. The molecule has 5 rings (SSSR count). The molecule has 0 spiro atoms. The van der Waals surface area contributed by atoms with Gasteiger partial charge in [0.15, 0.2) is 11.5 Å². The molecule has 3 aromatic rings. The highest BCUT2D eigenvalue weighted by Gasteiger charge is 2.40. The molecule has 1 N–H and O–H groups in total. The Balaban J connectivity index is 1.01. The van der Waals surface area contributed by atoms with Crippen LogP contribution < -0.4 is 5.32 Å². The first-order valence-corrected chi connectivity index (χ1v) is 13.3. The summed E-state index contributed by atoms with van der Waals surface area (Å²) in [7, 11) is 0. The molecule has 208 valence electrons. The Morgan fingerprint density at radius 3 is 2.49 bits per heavy atom. The summed E-state index contributed by atoms with van der Waals surface area (Å²) in [6, 6.07) is 2.59. The maximum atomic E-state index is 13.5. The standard InChI is InChI=1S/C26H32F2N8O3/c1-26(27,28)18-8-9-29-19(13-18)4-6-23(37)21-15-35(33-31-21)10-2-3-11-36-16-22(32-34-36)25(38)30-14-17-12-20-5-7-24(17)39-20/h8-9,13,15-17,20,24H,2-7,10-12,14H2,1H3,(H,30,38)/t17-,20?,24?/m1/s1.